The number of aromatic hydroxyl groups is 1. The van der Waals surface area contributed by atoms with E-state index in [2.05, 4.69) is 15.6 Å². The number of rotatable bonds is 9. The van der Waals surface area contributed by atoms with Gasteiger partial charge in [-0.25, -0.2) is 0 Å². The highest BCUT2D eigenvalue weighted by Gasteiger charge is 2.08. The van der Waals surface area contributed by atoms with Crippen LogP contribution >= 0.6 is 0 Å². The second-order valence-electron chi connectivity index (χ2n) is 6.81. The van der Waals surface area contributed by atoms with Crippen LogP contribution in [-0.4, -0.2) is 34.2 Å². The molecule has 1 unspecified atom stereocenters. The second-order valence-corrected chi connectivity index (χ2v) is 6.81. The maximum atomic E-state index is 12.1. The first kappa shape index (κ1) is 20.5. The number of aliphatic hydroxyl groups is 1. The topological polar surface area (TPSA) is 94.5 Å². The summed E-state index contributed by atoms with van der Waals surface area (Å²) in [5.41, 5.74) is 3.30. The van der Waals surface area contributed by atoms with Crippen LogP contribution in [0.3, 0.4) is 0 Å². The maximum absolute atomic E-state index is 12.1. The number of aliphatic hydroxyl groups excluding tert-OH is 1. The van der Waals surface area contributed by atoms with Gasteiger partial charge in [0.1, 0.15) is 5.75 Å². The Hall–Kier alpha value is -3.22. The summed E-state index contributed by atoms with van der Waals surface area (Å²) >= 11 is 0. The number of amides is 1. The van der Waals surface area contributed by atoms with Crippen LogP contribution in [0.5, 0.6) is 5.75 Å². The normalized spacial score (nSPS) is 11.8. The molecule has 4 N–H and O–H groups in total. The predicted octanol–water partition coefficient (Wildman–Crippen LogP) is 2.83. The first-order valence-electron chi connectivity index (χ1n) is 9.56. The lowest BCUT2D eigenvalue weighted by molar-refractivity contribution is -0.115. The molecule has 0 spiro atoms. The number of phenolic OH excluding ortho intramolecular Hbond substituents is 1. The summed E-state index contributed by atoms with van der Waals surface area (Å²) in [5, 5.41) is 25.7. The van der Waals surface area contributed by atoms with Gasteiger partial charge in [-0.1, -0.05) is 30.3 Å². The third-order valence-electron chi connectivity index (χ3n) is 4.49. The highest BCUT2D eigenvalue weighted by atomic mass is 16.3. The largest absolute Gasteiger partial charge is 0.508 e. The van der Waals surface area contributed by atoms with Crippen LogP contribution in [0.25, 0.3) is 0 Å². The summed E-state index contributed by atoms with van der Waals surface area (Å²) in [6, 6.07) is 19.9. The number of carbonyl (C=O) groups is 1. The van der Waals surface area contributed by atoms with Crippen LogP contribution < -0.4 is 10.6 Å². The van der Waals surface area contributed by atoms with E-state index >= 15 is 0 Å². The number of nitrogens with one attached hydrogen (secondary N) is 2. The Bertz CT molecular complexity index is 914. The molecule has 3 rings (SSSR count). The number of nitrogens with zero attached hydrogens (tertiary/aromatic N) is 1. The molecule has 150 valence electrons. The molecule has 1 amide bonds. The molecule has 6 heteroatoms. The Morgan fingerprint density at radius 3 is 2.59 bits per heavy atom. The molecule has 29 heavy (non-hydrogen) atoms. The number of hydrogen-bond donors (Lipinski definition) is 4. The lowest BCUT2D eigenvalue weighted by Gasteiger charge is -2.12. The highest BCUT2D eigenvalue weighted by Crippen LogP contribution is 2.17. The van der Waals surface area contributed by atoms with Crippen molar-refractivity contribution >= 4 is 11.6 Å². The van der Waals surface area contributed by atoms with E-state index in [1.165, 1.54) is 0 Å². The van der Waals surface area contributed by atoms with Gasteiger partial charge in [-0.05, 0) is 60.5 Å². The van der Waals surface area contributed by atoms with E-state index in [-0.39, 0.29) is 18.1 Å². The second kappa shape index (κ2) is 10.4. The van der Waals surface area contributed by atoms with Crippen LogP contribution in [0, 0.1) is 0 Å². The van der Waals surface area contributed by atoms with Crippen molar-refractivity contribution in [1.82, 2.24) is 10.3 Å². The van der Waals surface area contributed by atoms with Crippen molar-refractivity contribution in [3.8, 4) is 5.75 Å². The van der Waals surface area contributed by atoms with Crippen LogP contribution in [-0.2, 0) is 17.6 Å². The molecule has 1 heterocycles. The number of phenols is 1. The molecule has 0 fully saturated rings. The molecule has 0 saturated heterocycles. The molecule has 1 atom stereocenters. The van der Waals surface area contributed by atoms with Crippen LogP contribution in [0.15, 0.2) is 72.9 Å². The van der Waals surface area contributed by atoms with Crippen molar-refractivity contribution in [2.45, 2.75) is 18.9 Å². The standard InChI is InChI=1S/C23H25N3O3/c27-21-6-3-4-18(14-21)22(28)16-24-13-11-17-7-9-19(10-8-17)26-23(29)15-20-5-1-2-12-25-20/h1-10,12,14,22,24,27-28H,11,13,15-16H2,(H,26,29). The first-order chi connectivity index (χ1) is 14.1. The lowest BCUT2D eigenvalue weighted by Crippen LogP contribution is -2.23. The lowest BCUT2D eigenvalue weighted by atomic mass is 10.1. The summed E-state index contributed by atoms with van der Waals surface area (Å²) < 4.78 is 0. The van der Waals surface area contributed by atoms with E-state index in [1.54, 1.807) is 30.5 Å². The Balaban J connectivity index is 1.39. The van der Waals surface area contributed by atoms with Gasteiger partial charge in [-0.15, -0.1) is 0 Å². The fourth-order valence-electron chi connectivity index (χ4n) is 2.95. The monoisotopic (exact) mass is 391 g/mol. The van der Waals surface area contributed by atoms with E-state index in [1.807, 2.05) is 42.5 Å². The van der Waals surface area contributed by atoms with Crippen molar-refractivity contribution in [3.63, 3.8) is 0 Å². The van der Waals surface area contributed by atoms with Gasteiger partial charge in [0.25, 0.3) is 0 Å². The predicted molar refractivity (Wildman–Crippen MR) is 113 cm³/mol. The Morgan fingerprint density at radius 2 is 1.86 bits per heavy atom. The van der Waals surface area contributed by atoms with Gasteiger partial charge in [-0.3, -0.25) is 9.78 Å². The van der Waals surface area contributed by atoms with E-state index in [9.17, 15) is 15.0 Å². The summed E-state index contributed by atoms with van der Waals surface area (Å²) in [5.74, 6) is 0.0489. The molecule has 0 radical (unpaired) electrons. The van der Waals surface area contributed by atoms with Crippen molar-refractivity contribution in [1.29, 1.82) is 0 Å². The number of pyridine rings is 1. The third-order valence-corrected chi connectivity index (χ3v) is 4.49. The van der Waals surface area contributed by atoms with Crippen molar-refractivity contribution in [3.05, 3.63) is 89.7 Å². The molecule has 0 aliphatic heterocycles. The van der Waals surface area contributed by atoms with Crippen molar-refractivity contribution in [2.75, 3.05) is 18.4 Å². The zero-order valence-electron chi connectivity index (χ0n) is 16.1. The number of anilines is 1. The molecule has 2 aromatic carbocycles. The third kappa shape index (κ3) is 6.71. The summed E-state index contributed by atoms with van der Waals surface area (Å²) in [7, 11) is 0. The highest BCUT2D eigenvalue weighted by molar-refractivity contribution is 5.91. The average Bonchev–Trinajstić information content (AvgIpc) is 2.73. The molecular formula is C23H25N3O3. The zero-order chi connectivity index (χ0) is 20.5. The summed E-state index contributed by atoms with van der Waals surface area (Å²) in [6.45, 7) is 1.12. The van der Waals surface area contributed by atoms with Crippen LogP contribution in [0.1, 0.15) is 22.9 Å². The van der Waals surface area contributed by atoms with Gasteiger partial charge in [0, 0.05) is 24.1 Å². The molecule has 0 aliphatic carbocycles. The van der Waals surface area contributed by atoms with Crippen molar-refractivity contribution < 1.29 is 15.0 Å². The number of carbonyl (C=O) groups excluding carboxylic acids is 1. The van der Waals surface area contributed by atoms with Gasteiger partial charge in [-0.2, -0.15) is 0 Å². The molecular weight excluding hydrogens is 366 g/mol. The number of benzene rings is 2. The average molecular weight is 391 g/mol. The molecule has 1 aromatic heterocycles. The minimum atomic E-state index is -0.668. The van der Waals surface area contributed by atoms with Crippen LogP contribution in [0.2, 0.25) is 0 Å². The zero-order valence-corrected chi connectivity index (χ0v) is 16.1. The molecule has 0 bridgehead atoms. The summed E-state index contributed by atoms with van der Waals surface area (Å²) in [4.78, 5) is 16.2. The SMILES string of the molecule is O=C(Cc1ccccn1)Nc1ccc(CCNCC(O)c2cccc(O)c2)cc1. The van der Waals surface area contributed by atoms with Crippen LogP contribution in [0.4, 0.5) is 5.69 Å². The smallest absolute Gasteiger partial charge is 0.230 e. The fourth-order valence-corrected chi connectivity index (χ4v) is 2.95. The Kier molecular flexibility index (Phi) is 7.33. The minimum absolute atomic E-state index is 0.0981. The van der Waals surface area contributed by atoms with Gasteiger partial charge in [0.15, 0.2) is 0 Å². The molecule has 0 saturated carbocycles. The first-order valence-corrected chi connectivity index (χ1v) is 9.56. The van der Waals surface area contributed by atoms with E-state index in [0.717, 1.165) is 23.4 Å². The number of aromatic nitrogens is 1. The molecule has 3 aromatic rings. The summed E-state index contributed by atoms with van der Waals surface area (Å²) in [6.07, 6.45) is 2.05. The van der Waals surface area contributed by atoms with Gasteiger partial charge >= 0.3 is 0 Å². The Morgan fingerprint density at radius 1 is 1.03 bits per heavy atom. The van der Waals surface area contributed by atoms with Gasteiger partial charge in [0.05, 0.1) is 12.5 Å². The minimum Gasteiger partial charge on any atom is -0.508 e. The van der Waals surface area contributed by atoms with E-state index in [0.29, 0.717) is 18.7 Å². The molecule has 0 aliphatic rings. The molecule has 6 nitrogen and oxygen atoms in total. The number of hydrogen-bond acceptors (Lipinski definition) is 5. The van der Waals surface area contributed by atoms with Gasteiger partial charge < -0.3 is 20.8 Å². The Labute approximate surface area is 170 Å². The van der Waals surface area contributed by atoms with E-state index < -0.39 is 6.10 Å². The maximum Gasteiger partial charge on any atom is 0.230 e. The fraction of sp³-hybridized carbons (Fsp3) is 0.217. The van der Waals surface area contributed by atoms with Gasteiger partial charge in [0.2, 0.25) is 5.91 Å². The van der Waals surface area contributed by atoms with Crippen molar-refractivity contribution in [2.24, 2.45) is 0 Å². The van der Waals surface area contributed by atoms with E-state index in [4.69, 9.17) is 0 Å². The quantitative estimate of drug-likeness (QED) is 0.421.